The third-order valence-electron chi connectivity index (χ3n) is 5.88. The Labute approximate surface area is 162 Å². The molecule has 1 aromatic heterocycles. The average molecular weight is 409 g/mol. The van der Waals surface area contributed by atoms with Crippen LogP contribution in [0.2, 0.25) is 0 Å². The summed E-state index contributed by atoms with van der Waals surface area (Å²) < 4.78 is 51.0. The van der Waals surface area contributed by atoms with Gasteiger partial charge in [-0.15, -0.1) is 0 Å². The van der Waals surface area contributed by atoms with Crippen LogP contribution in [0.25, 0.3) is 10.9 Å². The molecule has 0 spiro atoms. The number of carboxylic acids is 1. The van der Waals surface area contributed by atoms with Gasteiger partial charge in [-0.1, -0.05) is 0 Å². The van der Waals surface area contributed by atoms with Gasteiger partial charge in [0.2, 0.25) is 5.43 Å². The number of carbonyl (C=O) groups is 1. The molecule has 3 fully saturated rings. The molecule has 4 atom stereocenters. The molecule has 2 aromatic rings. The van der Waals surface area contributed by atoms with E-state index in [-0.39, 0.29) is 36.3 Å². The van der Waals surface area contributed by atoms with Crippen molar-refractivity contribution >= 4 is 22.6 Å². The van der Waals surface area contributed by atoms with Crippen molar-refractivity contribution in [2.75, 3.05) is 31.1 Å². The average Bonchev–Trinajstić information content (AvgIpc) is 3.24. The molecule has 2 saturated heterocycles. The van der Waals surface area contributed by atoms with Crippen LogP contribution in [0.5, 0.6) is 0 Å². The van der Waals surface area contributed by atoms with E-state index >= 15 is 4.39 Å². The van der Waals surface area contributed by atoms with Crippen LogP contribution in [-0.4, -0.2) is 60.2 Å². The van der Waals surface area contributed by atoms with Gasteiger partial charge in [0, 0.05) is 32.3 Å². The number of aromatic carboxylic acids is 1. The first-order valence-corrected chi connectivity index (χ1v) is 9.41. The molecule has 2 N–H and O–H groups in total. The van der Waals surface area contributed by atoms with E-state index in [4.69, 9.17) is 4.74 Å². The predicted octanol–water partition coefficient (Wildman–Crippen LogP) is 1.44. The van der Waals surface area contributed by atoms with Gasteiger partial charge in [-0.3, -0.25) is 4.79 Å². The number of nitrogens with one attached hydrogen (secondary N) is 1. The van der Waals surface area contributed by atoms with Crippen LogP contribution in [0.3, 0.4) is 0 Å². The van der Waals surface area contributed by atoms with Crippen LogP contribution in [0.15, 0.2) is 17.1 Å². The minimum Gasteiger partial charge on any atom is -0.477 e. The summed E-state index contributed by atoms with van der Waals surface area (Å²) in [6, 6.07) is -0.00565. The number of nitrogens with zero attached hydrogens (tertiary/aromatic N) is 2. The summed E-state index contributed by atoms with van der Waals surface area (Å²) in [5.41, 5.74) is -2.23. The van der Waals surface area contributed by atoms with Gasteiger partial charge in [0.05, 0.1) is 35.7 Å². The Bertz CT molecular complexity index is 1070. The third kappa shape index (κ3) is 2.81. The van der Waals surface area contributed by atoms with Gasteiger partial charge < -0.3 is 24.6 Å². The van der Waals surface area contributed by atoms with Gasteiger partial charge >= 0.3 is 5.97 Å². The van der Waals surface area contributed by atoms with Gasteiger partial charge in [0.15, 0.2) is 5.82 Å². The first kappa shape index (κ1) is 18.4. The fourth-order valence-corrected chi connectivity index (χ4v) is 4.35. The van der Waals surface area contributed by atoms with Gasteiger partial charge in [-0.2, -0.15) is 0 Å². The first-order chi connectivity index (χ1) is 13.9. The zero-order valence-electron chi connectivity index (χ0n) is 15.2. The molecule has 3 aliphatic rings. The molecule has 5 rings (SSSR count). The minimum atomic E-state index is -1.53. The maximum atomic E-state index is 15.6. The minimum absolute atomic E-state index is 0.0755. The smallest absolute Gasteiger partial charge is 0.341 e. The molecule has 29 heavy (non-hydrogen) atoms. The largest absolute Gasteiger partial charge is 0.477 e. The van der Waals surface area contributed by atoms with Gasteiger partial charge in [0.1, 0.15) is 23.2 Å². The van der Waals surface area contributed by atoms with Crippen molar-refractivity contribution in [1.82, 2.24) is 9.88 Å². The van der Waals surface area contributed by atoms with Crippen molar-refractivity contribution in [3.63, 3.8) is 0 Å². The molecule has 1 saturated carbocycles. The van der Waals surface area contributed by atoms with Crippen molar-refractivity contribution in [1.29, 1.82) is 0 Å². The van der Waals surface area contributed by atoms with E-state index < -0.39 is 46.2 Å². The summed E-state index contributed by atoms with van der Waals surface area (Å²) >= 11 is 0. The third-order valence-corrected chi connectivity index (χ3v) is 5.88. The molecule has 0 radical (unpaired) electrons. The number of hydrogen-bond donors (Lipinski definition) is 2. The Morgan fingerprint density at radius 2 is 2.07 bits per heavy atom. The normalized spacial score (nSPS) is 28.6. The number of morpholine rings is 1. The van der Waals surface area contributed by atoms with Crippen molar-refractivity contribution in [2.24, 2.45) is 0 Å². The molecular formula is C19H18F3N3O4. The van der Waals surface area contributed by atoms with Crippen molar-refractivity contribution < 1.29 is 27.8 Å². The maximum absolute atomic E-state index is 15.6. The zero-order valence-corrected chi connectivity index (χ0v) is 15.2. The van der Waals surface area contributed by atoms with Crippen LogP contribution >= 0.6 is 0 Å². The summed E-state index contributed by atoms with van der Waals surface area (Å²) in [4.78, 5) is 25.4. The van der Waals surface area contributed by atoms with E-state index in [1.807, 2.05) is 0 Å². The lowest BCUT2D eigenvalue weighted by molar-refractivity contribution is 0.0212. The highest BCUT2D eigenvalue weighted by atomic mass is 19.1. The van der Waals surface area contributed by atoms with Crippen molar-refractivity contribution in [2.45, 2.75) is 30.8 Å². The van der Waals surface area contributed by atoms with Crippen molar-refractivity contribution in [3.8, 4) is 0 Å². The second-order valence-corrected chi connectivity index (χ2v) is 7.70. The number of aromatic nitrogens is 1. The van der Waals surface area contributed by atoms with Crippen LogP contribution in [-0.2, 0) is 4.74 Å². The van der Waals surface area contributed by atoms with Crippen LogP contribution in [0.4, 0.5) is 18.9 Å². The number of benzene rings is 1. The summed E-state index contributed by atoms with van der Waals surface area (Å²) in [5.74, 6) is -3.49. The van der Waals surface area contributed by atoms with E-state index in [0.29, 0.717) is 19.7 Å². The Hall–Kier alpha value is -2.59. The molecule has 0 bridgehead atoms. The van der Waals surface area contributed by atoms with E-state index in [9.17, 15) is 23.5 Å². The number of fused-ring (bicyclic) bond motifs is 2. The monoisotopic (exact) mass is 409 g/mol. The molecule has 10 heteroatoms. The molecule has 2 aliphatic heterocycles. The van der Waals surface area contributed by atoms with E-state index in [1.165, 1.54) is 4.90 Å². The number of anilines is 1. The highest BCUT2D eigenvalue weighted by molar-refractivity contribution is 5.94. The lowest BCUT2D eigenvalue weighted by Crippen LogP contribution is -2.47. The molecular weight excluding hydrogens is 391 g/mol. The maximum Gasteiger partial charge on any atom is 0.341 e. The zero-order chi connectivity index (χ0) is 20.4. The number of ether oxygens (including phenoxy) is 1. The topological polar surface area (TPSA) is 83.8 Å². The molecule has 7 nitrogen and oxygen atoms in total. The number of alkyl halides is 1. The number of carboxylic acid groups (broad SMARTS) is 1. The van der Waals surface area contributed by atoms with E-state index in [0.717, 1.165) is 16.8 Å². The molecule has 154 valence electrons. The Kier molecular flexibility index (Phi) is 4.11. The Morgan fingerprint density at radius 3 is 2.72 bits per heavy atom. The molecule has 1 aliphatic carbocycles. The SMILES string of the molecule is O=C(O)c1cn(C2CC2F)c2c(F)c(N3C[C@@H]4NCCO[C@H]4C3)c(F)cc2c1=O. The Morgan fingerprint density at radius 1 is 1.31 bits per heavy atom. The van der Waals surface area contributed by atoms with Gasteiger partial charge in [0.25, 0.3) is 0 Å². The number of hydrogen-bond acceptors (Lipinski definition) is 5. The highest BCUT2D eigenvalue weighted by Gasteiger charge is 2.42. The predicted molar refractivity (Wildman–Crippen MR) is 97.4 cm³/mol. The van der Waals surface area contributed by atoms with E-state index in [2.05, 4.69) is 5.32 Å². The van der Waals surface area contributed by atoms with Crippen molar-refractivity contribution in [3.05, 3.63) is 39.7 Å². The summed E-state index contributed by atoms with van der Waals surface area (Å²) in [7, 11) is 0. The summed E-state index contributed by atoms with van der Waals surface area (Å²) in [5, 5.41) is 12.1. The number of pyridine rings is 1. The lowest BCUT2D eigenvalue weighted by Gasteiger charge is -2.25. The van der Waals surface area contributed by atoms with Crippen LogP contribution in [0, 0.1) is 11.6 Å². The molecule has 0 amide bonds. The molecule has 2 unspecified atom stereocenters. The molecule has 1 aromatic carbocycles. The Balaban J connectivity index is 1.70. The van der Waals surface area contributed by atoms with E-state index in [1.54, 1.807) is 0 Å². The first-order valence-electron chi connectivity index (χ1n) is 9.41. The summed E-state index contributed by atoms with van der Waals surface area (Å²) in [6.07, 6.45) is -0.457. The highest BCUT2D eigenvalue weighted by Crippen LogP contribution is 2.42. The van der Waals surface area contributed by atoms with Crippen LogP contribution < -0.4 is 15.6 Å². The quantitative estimate of drug-likeness (QED) is 0.798. The standard InChI is InChI=1S/C19H18F3N3O4/c20-10-4-13(10)25-5-9(19(27)28)18(26)8-3-11(21)17(15(22)16(8)25)24-6-12-14(7-24)29-2-1-23-12/h3,5,10,12-14,23H,1-2,4,6-7H2,(H,27,28)/t10?,12-,13?,14-/m0/s1. The van der Waals surface area contributed by atoms with Gasteiger partial charge in [-0.25, -0.2) is 18.0 Å². The summed E-state index contributed by atoms with van der Waals surface area (Å²) in [6.45, 7) is 1.74. The number of halogens is 3. The molecule has 3 heterocycles. The second-order valence-electron chi connectivity index (χ2n) is 7.70. The lowest BCUT2D eigenvalue weighted by atomic mass is 10.1. The second kappa shape index (κ2) is 6.46. The van der Waals surface area contributed by atoms with Crippen LogP contribution in [0.1, 0.15) is 22.8 Å². The number of rotatable bonds is 3. The van der Waals surface area contributed by atoms with Gasteiger partial charge in [-0.05, 0) is 6.07 Å². The fraction of sp³-hybridized carbons (Fsp3) is 0.474. The fourth-order valence-electron chi connectivity index (χ4n) is 4.35.